The Morgan fingerprint density at radius 2 is 2.15 bits per heavy atom. The molecule has 0 aromatic heterocycles. The van der Waals surface area contributed by atoms with Crippen LogP contribution in [0.1, 0.15) is 26.2 Å². The highest BCUT2D eigenvalue weighted by Crippen LogP contribution is 2.25. The lowest BCUT2D eigenvalue weighted by atomic mass is 9.83. The Bertz CT molecular complexity index is 152. The number of aliphatic hydroxyl groups is 1. The second-order valence-electron chi connectivity index (χ2n) is 4.35. The van der Waals surface area contributed by atoms with Crippen molar-refractivity contribution in [3.63, 3.8) is 0 Å². The molecule has 3 atom stereocenters. The quantitative estimate of drug-likeness (QED) is 0.672. The predicted octanol–water partition coefficient (Wildman–Crippen LogP) is 0.426. The summed E-state index contributed by atoms with van der Waals surface area (Å²) in [5.41, 5.74) is 6.05. The fourth-order valence-electron chi connectivity index (χ4n) is 2.20. The SMILES string of the molecule is C[C@H]1CC[C@H](N)[C@@H](N(C)CCO)C1. The summed E-state index contributed by atoms with van der Waals surface area (Å²) in [4.78, 5) is 2.19. The zero-order valence-corrected chi connectivity index (χ0v) is 8.74. The number of nitrogens with zero attached hydrogens (tertiary/aromatic N) is 1. The van der Waals surface area contributed by atoms with Crippen molar-refractivity contribution in [1.29, 1.82) is 0 Å². The van der Waals surface area contributed by atoms with Crippen molar-refractivity contribution < 1.29 is 5.11 Å². The van der Waals surface area contributed by atoms with Crippen molar-refractivity contribution in [2.24, 2.45) is 11.7 Å². The third-order valence-corrected chi connectivity index (χ3v) is 3.15. The second kappa shape index (κ2) is 4.94. The first kappa shape index (κ1) is 11.0. The van der Waals surface area contributed by atoms with Crippen LogP contribution in [-0.4, -0.2) is 42.3 Å². The molecule has 3 nitrogen and oxygen atoms in total. The first-order valence-electron chi connectivity index (χ1n) is 5.21. The van der Waals surface area contributed by atoms with Crippen molar-refractivity contribution >= 4 is 0 Å². The molecule has 1 saturated carbocycles. The van der Waals surface area contributed by atoms with E-state index in [4.69, 9.17) is 10.8 Å². The first-order valence-corrected chi connectivity index (χ1v) is 5.21. The van der Waals surface area contributed by atoms with Gasteiger partial charge in [-0.05, 0) is 32.2 Å². The minimum Gasteiger partial charge on any atom is -0.395 e. The standard InChI is InChI=1S/C10H22N2O/c1-8-3-4-9(11)10(7-8)12(2)5-6-13/h8-10,13H,3-7,11H2,1-2H3/t8-,9-,10-/m0/s1. The molecule has 78 valence electrons. The van der Waals surface area contributed by atoms with Gasteiger partial charge in [-0.2, -0.15) is 0 Å². The zero-order valence-electron chi connectivity index (χ0n) is 8.74. The Hall–Kier alpha value is -0.120. The minimum atomic E-state index is 0.230. The van der Waals surface area contributed by atoms with E-state index in [-0.39, 0.29) is 6.61 Å². The highest BCUT2D eigenvalue weighted by Gasteiger charge is 2.28. The van der Waals surface area contributed by atoms with E-state index in [9.17, 15) is 0 Å². The fourth-order valence-corrected chi connectivity index (χ4v) is 2.20. The Morgan fingerprint density at radius 3 is 2.77 bits per heavy atom. The Morgan fingerprint density at radius 1 is 1.46 bits per heavy atom. The molecule has 1 fully saturated rings. The third kappa shape index (κ3) is 2.93. The number of nitrogens with two attached hydrogens (primary N) is 1. The molecule has 0 saturated heterocycles. The van der Waals surface area contributed by atoms with Gasteiger partial charge in [0.2, 0.25) is 0 Å². The summed E-state index contributed by atoms with van der Waals surface area (Å²) in [5.74, 6) is 0.783. The van der Waals surface area contributed by atoms with Crippen LogP contribution < -0.4 is 5.73 Å². The maximum Gasteiger partial charge on any atom is 0.0558 e. The van der Waals surface area contributed by atoms with Gasteiger partial charge in [-0.25, -0.2) is 0 Å². The number of aliphatic hydroxyl groups excluding tert-OH is 1. The molecular formula is C10H22N2O. The topological polar surface area (TPSA) is 49.5 Å². The van der Waals surface area contributed by atoms with Crippen molar-refractivity contribution in [3.05, 3.63) is 0 Å². The van der Waals surface area contributed by atoms with E-state index in [0.717, 1.165) is 18.9 Å². The molecule has 1 aliphatic rings. The smallest absolute Gasteiger partial charge is 0.0558 e. The van der Waals surface area contributed by atoms with Gasteiger partial charge in [0.25, 0.3) is 0 Å². The van der Waals surface area contributed by atoms with Gasteiger partial charge in [0.15, 0.2) is 0 Å². The predicted molar refractivity (Wildman–Crippen MR) is 54.5 cm³/mol. The van der Waals surface area contributed by atoms with Gasteiger partial charge in [0.1, 0.15) is 0 Å². The number of rotatable bonds is 3. The first-order chi connectivity index (χ1) is 6.15. The molecule has 0 radical (unpaired) electrons. The molecule has 0 aromatic carbocycles. The van der Waals surface area contributed by atoms with Gasteiger partial charge in [0, 0.05) is 18.6 Å². The molecule has 0 unspecified atom stereocenters. The summed E-state index contributed by atoms with van der Waals surface area (Å²) >= 11 is 0. The van der Waals surface area contributed by atoms with Crippen LogP contribution in [0.4, 0.5) is 0 Å². The summed E-state index contributed by atoms with van der Waals surface area (Å²) in [6.07, 6.45) is 3.56. The number of hydrogen-bond acceptors (Lipinski definition) is 3. The minimum absolute atomic E-state index is 0.230. The molecule has 1 aliphatic carbocycles. The van der Waals surface area contributed by atoms with Gasteiger partial charge in [-0.3, -0.25) is 4.90 Å². The van der Waals surface area contributed by atoms with E-state index in [2.05, 4.69) is 18.9 Å². The van der Waals surface area contributed by atoms with Gasteiger partial charge in [-0.1, -0.05) is 6.92 Å². The highest BCUT2D eigenvalue weighted by atomic mass is 16.3. The van der Waals surface area contributed by atoms with E-state index in [1.54, 1.807) is 0 Å². The van der Waals surface area contributed by atoms with Gasteiger partial charge in [-0.15, -0.1) is 0 Å². The van der Waals surface area contributed by atoms with Crippen LogP contribution in [-0.2, 0) is 0 Å². The van der Waals surface area contributed by atoms with Crippen LogP contribution >= 0.6 is 0 Å². The molecule has 1 rings (SSSR count). The highest BCUT2D eigenvalue weighted by molar-refractivity contribution is 4.86. The van der Waals surface area contributed by atoms with Crippen molar-refractivity contribution in [1.82, 2.24) is 4.90 Å². The Labute approximate surface area is 80.9 Å². The average molecular weight is 186 g/mol. The lowest BCUT2D eigenvalue weighted by Crippen LogP contribution is -2.50. The Balaban J connectivity index is 2.44. The molecule has 0 amide bonds. The van der Waals surface area contributed by atoms with E-state index < -0.39 is 0 Å². The van der Waals surface area contributed by atoms with Gasteiger partial charge in [0.05, 0.1) is 6.61 Å². The molecule has 0 aromatic rings. The fraction of sp³-hybridized carbons (Fsp3) is 1.00. The lowest BCUT2D eigenvalue weighted by Gasteiger charge is -2.38. The summed E-state index contributed by atoms with van der Waals surface area (Å²) in [6, 6.07) is 0.767. The lowest BCUT2D eigenvalue weighted by molar-refractivity contribution is 0.119. The second-order valence-corrected chi connectivity index (χ2v) is 4.35. The largest absolute Gasteiger partial charge is 0.395 e. The maximum absolute atomic E-state index is 8.84. The van der Waals surface area contributed by atoms with E-state index in [1.165, 1.54) is 12.8 Å². The van der Waals surface area contributed by atoms with Crippen LogP contribution in [0.2, 0.25) is 0 Å². The van der Waals surface area contributed by atoms with Gasteiger partial charge >= 0.3 is 0 Å². The van der Waals surface area contributed by atoms with E-state index in [1.807, 2.05) is 0 Å². The monoisotopic (exact) mass is 186 g/mol. The number of likely N-dealkylation sites (N-methyl/N-ethyl adjacent to an activating group) is 1. The molecule has 13 heavy (non-hydrogen) atoms. The van der Waals surface area contributed by atoms with E-state index in [0.29, 0.717) is 12.1 Å². The normalized spacial score (nSPS) is 35.3. The average Bonchev–Trinajstić information content (AvgIpc) is 2.09. The molecular weight excluding hydrogens is 164 g/mol. The molecule has 0 bridgehead atoms. The van der Waals surface area contributed by atoms with Crippen LogP contribution in [0.25, 0.3) is 0 Å². The molecule has 3 heteroatoms. The molecule has 3 N–H and O–H groups in total. The summed E-state index contributed by atoms with van der Waals surface area (Å²) in [5, 5.41) is 8.84. The third-order valence-electron chi connectivity index (χ3n) is 3.15. The van der Waals surface area contributed by atoms with Crippen molar-refractivity contribution in [2.75, 3.05) is 20.2 Å². The summed E-state index contributed by atoms with van der Waals surface area (Å²) < 4.78 is 0. The molecule has 0 spiro atoms. The van der Waals surface area contributed by atoms with Gasteiger partial charge < -0.3 is 10.8 Å². The maximum atomic E-state index is 8.84. The van der Waals surface area contributed by atoms with E-state index >= 15 is 0 Å². The van der Waals surface area contributed by atoms with Crippen LogP contribution in [0.15, 0.2) is 0 Å². The number of hydrogen-bond donors (Lipinski definition) is 2. The van der Waals surface area contributed by atoms with Crippen LogP contribution in [0, 0.1) is 5.92 Å². The van der Waals surface area contributed by atoms with Crippen molar-refractivity contribution in [3.8, 4) is 0 Å². The van der Waals surface area contributed by atoms with Crippen LogP contribution in [0.5, 0.6) is 0 Å². The molecule has 0 heterocycles. The van der Waals surface area contributed by atoms with Crippen molar-refractivity contribution in [2.45, 2.75) is 38.3 Å². The summed E-state index contributed by atoms with van der Waals surface area (Å²) in [6.45, 7) is 3.25. The summed E-state index contributed by atoms with van der Waals surface area (Å²) in [7, 11) is 2.05. The Kier molecular flexibility index (Phi) is 4.16. The molecule has 0 aliphatic heterocycles. The van der Waals surface area contributed by atoms with Crippen LogP contribution in [0.3, 0.4) is 0 Å². The zero-order chi connectivity index (χ0) is 9.84.